The smallest absolute Gasteiger partial charge is 0.329 e. The van der Waals surface area contributed by atoms with E-state index in [0.717, 1.165) is 29.7 Å². The van der Waals surface area contributed by atoms with Gasteiger partial charge in [-0.05, 0) is 31.7 Å². The lowest BCUT2D eigenvalue weighted by Gasteiger charge is -2.14. The summed E-state index contributed by atoms with van der Waals surface area (Å²) in [7, 11) is 1.54. The molecule has 0 bridgehead atoms. The van der Waals surface area contributed by atoms with Crippen LogP contribution in [0.4, 0.5) is 0 Å². The number of ether oxygens (including phenoxy) is 2. The van der Waals surface area contributed by atoms with E-state index >= 15 is 0 Å². The van der Waals surface area contributed by atoms with Crippen molar-refractivity contribution in [3.63, 3.8) is 0 Å². The van der Waals surface area contributed by atoms with Gasteiger partial charge in [-0.2, -0.15) is 0 Å². The Kier molecular flexibility index (Phi) is 4.26. The molecule has 0 N–H and O–H groups in total. The molecule has 1 aliphatic rings. The molecular formula is C15H18N2O4S. The predicted octanol–water partition coefficient (Wildman–Crippen LogP) is 1.70. The summed E-state index contributed by atoms with van der Waals surface area (Å²) in [6, 6.07) is -0.696. The van der Waals surface area contributed by atoms with Crippen molar-refractivity contribution >= 4 is 27.5 Å². The Morgan fingerprint density at radius 3 is 3.05 bits per heavy atom. The highest BCUT2D eigenvalue weighted by atomic mass is 32.1. The van der Waals surface area contributed by atoms with Gasteiger partial charge in [-0.1, -0.05) is 0 Å². The zero-order valence-corrected chi connectivity index (χ0v) is 13.4. The van der Waals surface area contributed by atoms with Crippen molar-refractivity contribution in [3.05, 3.63) is 27.1 Å². The molecule has 6 nitrogen and oxygen atoms in total. The zero-order valence-electron chi connectivity index (χ0n) is 12.6. The summed E-state index contributed by atoms with van der Waals surface area (Å²) in [5.41, 5.74) is 0.965. The molecule has 0 aromatic carbocycles. The maximum atomic E-state index is 12.7. The van der Waals surface area contributed by atoms with Crippen LogP contribution in [0.3, 0.4) is 0 Å². The van der Waals surface area contributed by atoms with Gasteiger partial charge in [0.05, 0.1) is 18.3 Å². The number of carbonyl (C=O) groups excluding carboxylic acids is 1. The summed E-state index contributed by atoms with van der Waals surface area (Å²) in [5.74, 6) is -0.452. The molecule has 0 saturated heterocycles. The van der Waals surface area contributed by atoms with E-state index in [1.807, 2.05) is 0 Å². The highest BCUT2D eigenvalue weighted by molar-refractivity contribution is 7.18. The van der Waals surface area contributed by atoms with Gasteiger partial charge in [0, 0.05) is 12.0 Å². The van der Waals surface area contributed by atoms with E-state index in [-0.39, 0.29) is 12.2 Å². The van der Waals surface area contributed by atoms with Crippen LogP contribution in [0.5, 0.6) is 0 Å². The predicted molar refractivity (Wildman–Crippen MR) is 83.5 cm³/mol. The molecule has 0 radical (unpaired) electrons. The molecule has 0 saturated carbocycles. The second-order valence-electron chi connectivity index (χ2n) is 5.33. The van der Waals surface area contributed by atoms with E-state index in [1.54, 1.807) is 18.3 Å². The quantitative estimate of drug-likeness (QED) is 0.619. The standard InChI is InChI=1S/C15H18N2O4S/c1-9(15(19)21-7-6-20-2)17-8-16-13-12(14(17)18)10-4-3-5-11(10)22-13/h8-9H,3-7H2,1-2H3/t9-/m1/s1. The van der Waals surface area contributed by atoms with E-state index in [0.29, 0.717) is 12.0 Å². The molecule has 3 rings (SSSR count). The van der Waals surface area contributed by atoms with E-state index in [2.05, 4.69) is 4.98 Å². The minimum absolute atomic E-state index is 0.152. The van der Waals surface area contributed by atoms with Gasteiger partial charge in [0.1, 0.15) is 17.5 Å². The molecule has 0 aliphatic heterocycles. The lowest BCUT2D eigenvalue weighted by molar-refractivity contribution is -0.148. The van der Waals surface area contributed by atoms with E-state index in [1.165, 1.54) is 22.9 Å². The number of methoxy groups -OCH3 is 1. The van der Waals surface area contributed by atoms with Crippen LogP contribution in [0.25, 0.3) is 10.2 Å². The molecule has 0 spiro atoms. The van der Waals surface area contributed by atoms with Gasteiger partial charge < -0.3 is 9.47 Å². The van der Waals surface area contributed by atoms with Gasteiger partial charge >= 0.3 is 5.97 Å². The van der Waals surface area contributed by atoms with Crippen LogP contribution in [0.1, 0.15) is 29.8 Å². The Labute approximate surface area is 131 Å². The minimum atomic E-state index is -0.696. The van der Waals surface area contributed by atoms with E-state index < -0.39 is 12.0 Å². The van der Waals surface area contributed by atoms with Crippen molar-refractivity contribution in [2.75, 3.05) is 20.3 Å². The maximum absolute atomic E-state index is 12.7. The van der Waals surface area contributed by atoms with Crippen molar-refractivity contribution in [1.29, 1.82) is 0 Å². The topological polar surface area (TPSA) is 70.4 Å². The first-order valence-corrected chi connectivity index (χ1v) is 8.12. The van der Waals surface area contributed by atoms with Crippen LogP contribution < -0.4 is 5.56 Å². The number of hydrogen-bond acceptors (Lipinski definition) is 6. The number of esters is 1. The number of rotatable bonds is 5. The van der Waals surface area contributed by atoms with E-state index in [9.17, 15) is 9.59 Å². The van der Waals surface area contributed by atoms with Crippen molar-refractivity contribution < 1.29 is 14.3 Å². The van der Waals surface area contributed by atoms with Crippen LogP contribution in [0, 0.1) is 0 Å². The lowest BCUT2D eigenvalue weighted by Crippen LogP contribution is -2.30. The van der Waals surface area contributed by atoms with Crippen LogP contribution in [-0.4, -0.2) is 35.8 Å². The summed E-state index contributed by atoms with van der Waals surface area (Å²) < 4.78 is 11.3. The molecule has 0 unspecified atom stereocenters. The maximum Gasteiger partial charge on any atom is 0.329 e. The Hall–Kier alpha value is -1.73. The molecular weight excluding hydrogens is 304 g/mol. The molecule has 1 aliphatic carbocycles. The minimum Gasteiger partial charge on any atom is -0.462 e. The van der Waals surface area contributed by atoms with Gasteiger partial charge in [-0.3, -0.25) is 9.36 Å². The fourth-order valence-corrected chi connectivity index (χ4v) is 3.95. The summed E-state index contributed by atoms with van der Waals surface area (Å²) in [6.07, 6.45) is 4.46. The van der Waals surface area contributed by atoms with Crippen LogP contribution >= 0.6 is 11.3 Å². The van der Waals surface area contributed by atoms with Crippen molar-refractivity contribution in [2.45, 2.75) is 32.2 Å². The number of hydrogen-bond donors (Lipinski definition) is 0. The Morgan fingerprint density at radius 1 is 1.45 bits per heavy atom. The SMILES string of the molecule is COCCOC(=O)[C@@H](C)n1cnc2sc3c(c2c1=O)CCC3. The van der Waals surface area contributed by atoms with Crippen molar-refractivity contribution in [3.8, 4) is 0 Å². The Morgan fingerprint density at radius 2 is 2.27 bits per heavy atom. The number of aromatic nitrogens is 2. The third-order valence-electron chi connectivity index (χ3n) is 3.94. The molecule has 1 atom stereocenters. The summed E-state index contributed by atoms with van der Waals surface area (Å²) in [5, 5.41) is 0.677. The molecule has 2 aromatic rings. The zero-order chi connectivity index (χ0) is 15.7. The second-order valence-corrected chi connectivity index (χ2v) is 6.41. The third-order valence-corrected chi connectivity index (χ3v) is 5.14. The fraction of sp³-hybridized carbons (Fsp3) is 0.533. The summed E-state index contributed by atoms with van der Waals surface area (Å²) in [4.78, 5) is 31.1. The van der Waals surface area contributed by atoms with E-state index in [4.69, 9.17) is 9.47 Å². The first kappa shape index (κ1) is 15.2. The van der Waals surface area contributed by atoms with Gasteiger partial charge in [0.2, 0.25) is 0 Å². The number of carbonyl (C=O) groups is 1. The van der Waals surface area contributed by atoms with Crippen LogP contribution in [0.15, 0.2) is 11.1 Å². The van der Waals surface area contributed by atoms with Gasteiger partial charge in [-0.15, -0.1) is 11.3 Å². The average Bonchev–Trinajstić information content (AvgIpc) is 3.07. The van der Waals surface area contributed by atoms with Gasteiger partial charge in [-0.25, -0.2) is 9.78 Å². The van der Waals surface area contributed by atoms with Crippen LogP contribution in [0.2, 0.25) is 0 Å². The Balaban J connectivity index is 1.92. The first-order valence-electron chi connectivity index (χ1n) is 7.30. The monoisotopic (exact) mass is 322 g/mol. The molecule has 7 heteroatoms. The molecule has 118 valence electrons. The van der Waals surface area contributed by atoms with Crippen molar-refractivity contribution in [2.24, 2.45) is 0 Å². The number of nitrogens with zero attached hydrogens (tertiary/aromatic N) is 2. The van der Waals surface area contributed by atoms with Gasteiger partial charge in [0.15, 0.2) is 0 Å². The largest absolute Gasteiger partial charge is 0.462 e. The van der Waals surface area contributed by atoms with Crippen LogP contribution in [-0.2, 0) is 27.1 Å². The number of thiophene rings is 1. The lowest BCUT2D eigenvalue weighted by atomic mass is 10.2. The Bertz CT molecular complexity index is 765. The van der Waals surface area contributed by atoms with Gasteiger partial charge in [0.25, 0.3) is 5.56 Å². The first-order chi connectivity index (χ1) is 10.6. The second kappa shape index (κ2) is 6.18. The molecule has 0 amide bonds. The molecule has 22 heavy (non-hydrogen) atoms. The summed E-state index contributed by atoms with van der Waals surface area (Å²) in [6.45, 7) is 2.16. The third kappa shape index (κ3) is 2.55. The summed E-state index contributed by atoms with van der Waals surface area (Å²) >= 11 is 1.59. The number of aryl methyl sites for hydroxylation is 2. The average molecular weight is 322 g/mol. The number of fused-ring (bicyclic) bond motifs is 3. The van der Waals surface area contributed by atoms with Crippen molar-refractivity contribution in [1.82, 2.24) is 9.55 Å². The fourth-order valence-electron chi connectivity index (χ4n) is 2.73. The molecule has 2 heterocycles. The highest BCUT2D eigenvalue weighted by Gasteiger charge is 2.24. The molecule has 0 fully saturated rings. The normalized spacial score (nSPS) is 15.0. The molecule has 2 aromatic heterocycles. The highest BCUT2D eigenvalue weighted by Crippen LogP contribution is 2.34.